The fraction of sp³-hybridized carbons (Fsp3) is 0.462. The van der Waals surface area contributed by atoms with Gasteiger partial charge in [0, 0.05) is 4.88 Å². The van der Waals surface area contributed by atoms with E-state index >= 15 is 0 Å². The van der Waals surface area contributed by atoms with Gasteiger partial charge in [-0.3, -0.25) is 4.79 Å². The Kier molecular flexibility index (Phi) is 3.80. The third-order valence-corrected chi connectivity index (χ3v) is 5.31. The van der Waals surface area contributed by atoms with Crippen molar-refractivity contribution in [2.24, 2.45) is 0 Å². The third-order valence-electron chi connectivity index (χ3n) is 3.25. The number of esters is 1. The highest BCUT2D eigenvalue weighted by molar-refractivity contribution is 7.99. The van der Waals surface area contributed by atoms with Gasteiger partial charge in [0.05, 0.1) is 6.61 Å². The highest BCUT2D eigenvalue weighted by Crippen LogP contribution is 2.37. The second kappa shape index (κ2) is 5.57. The molecule has 20 heavy (non-hydrogen) atoms. The number of anilines is 1. The predicted octanol–water partition coefficient (Wildman–Crippen LogP) is 1.84. The molecule has 0 unspecified atom stereocenters. The van der Waals surface area contributed by atoms with E-state index in [4.69, 9.17) is 10.5 Å². The third kappa shape index (κ3) is 2.47. The fourth-order valence-electron chi connectivity index (χ4n) is 2.45. The minimum absolute atomic E-state index is 0.236. The summed E-state index contributed by atoms with van der Waals surface area (Å²) in [4.78, 5) is 21.5. The molecule has 2 heterocycles. The van der Waals surface area contributed by atoms with Crippen molar-refractivity contribution in [3.05, 3.63) is 10.4 Å². The SMILES string of the molecule is CCOC(=O)CSc1nc(N)c2c3c(sc2[nH+]1)CCC3. The molecule has 5 nitrogen and oxygen atoms in total. The predicted molar refractivity (Wildman–Crippen MR) is 80.0 cm³/mol. The molecular weight excluding hydrogens is 294 g/mol. The molecule has 1 aliphatic rings. The molecule has 0 saturated carbocycles. The first-order chi connectivity index (χ1) is 9.69. The average molecular weight is 310 g/mol. The Morgan fingerprint density at radius 2 is 2.40 bits per heavy atom. The number of rotatable bonds is 4. The van der Waals surface area contributed by atoms with Gasteiger partial charge < -0.3 is 10.5 Å². The van der Waals surface area contributed by atoms with E-state index < -0.39 is 0 Å². The topological polar surface area (TPSA) is 79.3 Å². The van der Waals surface area contributed by atoms with Crippen LogP contribution in [0.25, 0.3) is 10.2 Å². The molecule has 0 aliphatic heterocycles. The largest absolute Gasteiger partial charge is 0.465 e. The highest BCUT2D eigenvalue weighted by Gasteiger charge is 2.25. The van der Waals surface area contributed by atoms with Gasteiger partial charge >= 0.3 is 11.1 Å². The Bertz CT molecular complexity index is 669. The van der Waals surface area contributed by atoms with Crippen molar-refractivity contribution in [1.82, 2.24) is 4.98 Å². The number of aryl methyl sites for hydroxylation is 2. The first-order valence-electron chi connectivity index (χ1n) is 6.60. The summed E-state index contributed by atoms with van der Waals surface area (Å²) in [7, 11) is 0. The molecule has 0 atom stereocenters. The second-order valence-electron chi connectivity index (χ2n) is 4.58. The van der Waals surface area contributed by atoms with Gasteiger partial charge in [0.1, 0.15) is 11.1 Å². The number of nitrogen functional groups attached to an aromatic ring is 1. The number of fused-ring (bicyclic) bond motifs is 3. The number of nitrogens with one attached hydrogen (secondary N) is 1. The smallest absolute Gasteiger partial charge is 0.361 e. The van der Waals surface area contributed by atoms with Gasteiger partial charge in [-0.25, -0.2) is 4.98 Å². The Labute approximate surface area is 124 Å². The van der Waals surface area contributed by atoms with Gasteiger partial charge in [-0.15, -0.1) is 0 Å². The van der Waals surface area contributed by atoms with E-state index in [9.17, 15) is 4.79 Å². The van der Waals surface area contributed by atoms with E-state index in [1.54, 1.807) is 18.3 Å². The summed E-state index contributed by atoms with van der Waals surface area (Å²) >= 11 is 3.08. The summed E-state index contributed by atoms with van der Waals surface area (Å²) in [5.41, 5.74) is 7.44. The summed E-state index contributed by atoms with van der Waals surface area (Å²) < 4.78 is 4.90. The number of hydrogen-bond donors (Lipinski definition) is 1. The fourth-order valence-corrected chi connectivity index (χ4v) is 4.49. The standard InChI is InChI=1S/C13H15N3O2S2/c1-2-18-9(17)6-19-13-15-11(14)10-7-4-3-5-8(7)20-12(10)16-13/h2-6H2,1H3,(H2,14,15,16)/p+1. The van der Waals surface area contributed by atoms with Crippen molar-refractivity contribution in [1.29, 1.82) is 0 Å². The van der Waals surface area contributed by atoms with E-state index in [2.05, 4.69) is 9.97 Å². The van der Waals surface area contributed by atoms with Crippen molar-refractivity contribution in [2.45, 2.75) is 31.3 Å². The Balaban J connectivity index is 1.85. The lowest BCUT2D eigenvalue weighted by Crippen LogP contribution is -2.14. The molecule has 0 fully saturated rings. The van der Waals surface area contributed by atoms with Crippen LogP contribution in [0.4, 0.5) is 5.82 Å². The minimum Gasteiger partial charge on any atom is -0.465 e. The Hall–Kier alpha value is -1.34. The van der Waals surface area contributed by atoms with Crippen LogP contribution >= 0.6 is 23.1 Å². The van der Waals surface area contributed by atoms with Crippen LogP contribution in [0, 0.1) is 0 Å². The lowest BCUT2D eigenvalue weighted by atomic mass is 10.2. The zero-order valence-corrected chi connectivity index (χ0v) is 12.8. The first-order valence-corrected chi connectivity index (χ1v) is 8.40. The lowest BCUT2D eigenvalue weighted by molar-refractivity contribution is -0.399. The zero-order valence-electron chi connectivity index (χ0n) is 11.2. The minimum atomic E-state index is -0.236. The van der Waals surface area contributed by atoms with E-state index in [-0.39, 0.29) is 11.7 Å². The summed E-state index contributed by atoms with van der Waals surface area (Å²) in [5, 5.41) is 1.74. The lowest BCUT2D eigenvalue weighted by Gasteiger charge is -1.98. The van der Waals surface area contributed by atoms with Gasteiger partial charge in [0.2, 0.25) is 0 Å². The van der Waals surface area contributed by atoms with Crippen molar-refractivity contribution < 1.29 is 14.5 Å². The molecule has 0 spiro atoms. The van der Waals surface area contributed by atoms with Crippen molar-refractivity contribution in [3.8, 4) is 0 Å². The summed E-state index contributed by atoms with van der Waals surface area (Å²) in [5.74, 6) is 0.567. The molecule has 2 aromatic rings. The van der Waals surface area contributed by atoms with E-state index in [0.29, 0.717) is 17.6 Å². The second-order valence-corrected chi connectivity index (χ2v) is 6.65. The number of carbonyl (C=O) groups is 1. The number of nitrogens with two attached hydrogens (primary N) is 1. The van der Waals surface area contributed by atoms with Gasteiger partial charge in [-0.1, -0.05) is 11.3 Å². The van der Waals surface area contributed by atoms with Crippen molar-refractivity contribution >= 4 is 45.1 Å². The number of thioether (sulfide) groups is 1. The average Bonchev–Trinajstić information content (AvgIpc) is 2.96. The zero-order chi connectivity index (χ0) is 14.1. The van der Waals surface area contributed by atoms with Crippen LogP contribution < -0.4 is 10.7 Å². The number of ether oxygens (including phenoxy) is 1. The molecule has 2 aromatic heterocycles. The van der Waals surface area contributed by atoms with Crippen molar-refractivity contribution in [2.75, 3.05) is 18.1 Å². The first kappa shape index (κ1) is 13.6. The number of hydrogen-bond acceptors (Lipinski definition) is 6. The monoisotopic (exact) mass is 310 g/mol. The Morgan fingerprint density at radius 1 is 1.55 bits per heavy atom. The summed E-state index contributed by atoms with van der Waals surface area (Å²) in [6.45, 7) is 2.19. The van der Waals surface area contributed by atoms with Crippen LogP contribution in [0.5, 0.6) is 0 Å². The number of nitrogens with zero attached hydrogens (tertiary/aromatic N) is 1. The molecule has 1 aliphatic carbocycles. The number of thiophene rings is 1. The summed E-state index contributed by atoms with van der Waals surface area (Å²) in [6.07, 6.45) is 3.42. The summed E-state index contributed by atoms with van der Waals surface area (Å²) in [6, 6.07) is 0. The normalized spacial score (nSPS) is 13.7. The van der Waals surface area contributed by atoms with Crippen LogP contribution in [0.3, 0.4) is 0 Å². The number of H-pyrrole nitrogens is 1. The molecule has 3 rings (SSSR count). The molecule has 0 aromatic carbocycles. The molecule has 0 radical (unpaired) electrons. The number of aromatic nitrogens is 2. The van der Waals surface area contributed by atoms with Crippen LogP contribution in [-0.2, 0) is 22.4 Å². The molecule has 0 saturated heterocycles. The molecular formula is C13H16N3O2S2+. The maximum absolute atomic E-state index is 11.4. The van der Waals surface area contributed by atoms with Gasteiger partial charge in [-0.05, 0) is 48.5 Å². The Morgan fingerprint density at radius 3 is 3.20 bits per heavy atom. The number of aromatic amines is 1. The maximum Gasteiger partial charge on any atom is 0.361 e. The molecule has 0 bridgehead atoms. The van der Waals surface area contributed by atoms with E-state index in [1.165, 1.54) is 28.6 Å². The van der Waals surface area contributed by atoms with Crippen molar-refractivity contribution in [3.63, 3.8) is 0 Å². The highest BCUT2D eigenvalue weighted by atomic mass is 32.2. The molecule has 7 heteroatoms. The van der Waals surface area contributed by atoms with E-state index in [1.807, 2.05) is 0 Å². The van der Waals surface area contributed by atoms with Crippen LogP contribution in [0.2, 0.25) is 0 Å². The van der Waals surface area contributed by atoms with Gasteiger partial charge in [-0.2, -0.15) is 0 Å². The molecule has 3 N–H and O–H groups in total. The van der Waals surface area contributed by atoms with Crippen LogP contribution in [-0.4, -0.2) is 23.3 Å². The maximum atomic E-state index is 11.4. The quantitative estimate of drug-likeness (QED) is 0.529. The van der Waals surface area contributed by atoms with Gasteiger partial charge in [0.15, 0.2) is 4.83 Å². The molecule has 106 valence electrons. The van der Waals surface area contributed by atoms with Crippen LogP contribution in [0.1, 0.15) is 23.8 Å². The van der Waals surface area contributed by atoms with Gasteiger partial charge in [0.25, 0.3) is 5.82 Å². The number of carbonyl (C=O) groups excluding carboxylic acids is 1. The molecule has 0 amide bonds. The van der Waals surface area contributed by atoms with Crippen LogP contribution in [0.15, 0.2) is 5.16 Å². The van der Waals surface area contributed by atoms with E-state index in [0.717, 1.165) is 23.1 Å².